The van der Waals surface area contributed by atoms with Gasteiger partial charge in [0.25, 0.3) is 0 Å². The van der Waals surface area contributed by atoms with Gasteiger partial charge in [-0.15, -0.1) is 0 Å². The molecule has 0 radical (unpaired) electrons. The molecule has 2 rings (SSSR count). The minimum absolute atomic E-state index is 0.0786. The summed E-state index contributed by atoms with van der Waals surface area (Å²) in [4.78, 5) is 12.0. The van der Waals surface area contributed by atoms with Gasteiger partial charge in [-0.1, -0.05) is 35.3 Å². The number of halogens is 2. The van der Waals surface area contributed by atoms with E-state index in [2.05, 4.69) is 10.6 Å². The first-order chi connectivity index (χ1) is 10.8. The van der Waals surface area contributed by atoms with Gasteiger partial charge >= 0.3 is 6.03 Å². The molecule has 0 fully saturated rings. The minimum atomic E-state index is -3.38. The lowest BCUT2D eigenvalue weighted by atomic mass is 10.2. The number of amides is 2. The standard InChI is InChI=1S/C15H14Cl2N2O3S/c1-23(21,22)12-6-7-13(17)14(8-12)19-15(20)18-9-10-2-4-11(16)5-3-10/h2-8H,9H2,1H3,(H2,18,19,20). The van der Waals surface area contributed by atoms with Crippen LogP contribution in [-0.4, -0.2) is 20.7 Å². The molecule has 5 nitrogen and oxygen atoms in total. The van der Waals surface area contributed by atoms with E-state index in [1.807, 2.05) is 0 Å². The number of nitrogens with one attached hydrogen (secondary N) is 2. The quantitative estimate of drug-likeness (QED) is 0.858. The summed E-state index contributed by atoms with van der Waals surface area (Å²) >= 11 is 11.8. The van der Waals surface area contributed by atoms with Crippen LogP contribution in [0.3, 0.4) is 0 Å². The van der Waals surface area contributed by atoms with Crippen LogP contribution in [0, 0.1) is 0 Å². The molecule has 0 atom stereocenters. The molecule has 0 spiro atoms. The maximum Gasteiger partial charge on any atom is 0.319 e. The molecule has 0 bridgehead atoms. The number of urea groups is 1. The number of sulfone groups is 1. The first-order valence-corrected chi connectivity index (χ1v) is 9.19. The zero-order valence-electron chi connectivity index (χ0n) is 12.1. The Morgan fingerprint density at radius 1 is 1.09 bits per heavy atom. The fourth-order valence-electron chi connectivity index (χ4n) is 1.78. The molecule has 0 saturated carbocycles. The van der Waals surface area contributed by atoms with E-state index in [0.29, 0.717) is 11.6 Å². The van der Waals surface area contributed by atoms with E-state index >= 15 is 0 Å². The van der Waals surface area contributed by atoms with Crippen molar-refractivity contribution in [2.75, 3.05) is 11.6 Å². The number of hydrogen-bond acceptors (Lipinski definition) is 3. The van der Waals surface area contributed by atoms with Crippen molar-refractivity contribution in [2.45, 2.75) is 11.4 Å². The molecule has 8 heteroatoms. The second kappa shape index (κ2) is 7.21. The van der Waals surface area contributed by atoms with Crippen LogP contribution >= 0.6 is 23.2 Å². The van der Waals surface area contributed by atoms with E-state index in [1.54, 1.807) is 24.3 Å². The van der Waals surface area contributed by atoms with Crippen molar-refractivity contribution in [3.63, 3.8) is 0 Å². The number of benzene rings is 2. The highest BCUT2D eigenvalue weighted by molar-refractivity contribution is 7.90. The average molecular weight is 373 g/mol. The Bertz CT molecular complexity index is 821. The summed E-state index contributed by atoms with van der Waals surface area (Å²) in [6.07, 6.45) is 1.08. The monoisotopic (exact) mass is 372 g/mol. The van der Waals surface area contributed by atoms with Crippen molar-refractivity contribution < 1.29 is 13.2 Å². The summed E-state index contributed by atoms with van der Waals surface area (Å²) in [5.74, 6) is 0. The fourth-order valence-corrected chi connectivity index (χ4v) is 2.72. The molecule has 0 aromatic heterocycles. The van der Waals surface area contributed by atoms with Gasteiger partial charge in [-0.25, -0.2) is 13.2 Å². The van der Waals surface area contributed by atoms with Gasteiger partial charge in [-0.05, 0) is 35.9 Å². The van der Waals surface area contributed by atoms with Crippen molar-refractivity contribution in [3.05, 3.63) is 58.1 Å². The summed E-state index contributed by atoms with van der Waals surface area (Å²) in [6, 6.07) is 10.7. The van der Waals surface area contributed by atoms with E-state index in [1.165, 1.54) is 18.2 Å². The summed E-state index contributed by atoms with van der Waals surface area (Å²) in [7, 11) is -3.38. The lowest BCUT2D eigenvalue weighted by molar-refractivity contribution is 0.251. The third-order valence-electron chi connectivity index (χ3n) is 2.98. The van der Waals surface area contributed by atoms with Crippen molar-refractivity contribution in [2.24, 2.45) is 0 Å². The number of hydrogen-bond donors (Lipinski definition) is 2. The lowest BCUT2D eigenvalue weighted by Crippen LogP contribution is -2.28. The molecule has 23 heavy (non-hydrogen) atoms. The van der Waals surface area contributed by atoms with E-state index < -0.39 is 15.9 Å². The Labute approximate surface area is 144 Å². The normalized spacial score (nSPS) is 11.1. The Balaban J connectivity index is 2.04. The topological polar surface area (TPSA) is 75.3 Å². The van der Waals surface area contributed by atoms with Crippen LogP contribution in [0.2, 0.25) is 10.0 Å². The molecule has 0 unspecified atom stereocenters. The summed E-state index contributed by atoms with van der Waals surface area (Å²) in [5.41, 5.74) is 1.10. The van der Waals surface area contributed by atoms with Crippen LogP contribution in [0.5, 0.6) is 0 Å². The van der Waals surface area contributed by atoms with Gasteiger partial charge in [0, 0.05) is 17.8 Å². The van der Waals surface area contributed by atoms with Crippen molar-refractivity contribution in [1.82, 2.24) is 5.32 Å². The molecular weight excluding hydrogens is 359 g/mol. The average Bonchev–Trinajstić information content (AvgIpc) is 2.48. The summed E-state index contributed by atoms with van der Waals surface area (Å²) < 4.78 is 23.1. The molecule has 2 amide bonds. The highest BCUT2D eigenvalue weighted by Gasteiger charge is 2.12. The Morgan fingerprint density at radius 3 is 2.35 bits per heavy atom. The molecule has 0 aliphatic rings. The molecule has 2 aromatic rings. The van der Waals surface area contributed by atoms with Crippen LogP contribution in [-0.2, 0) is 16.4 Å². The highest BCUT2D eigenvalue weighted by Crippen LogP contribution is 2.25. The highest BCUT2D eigenvalue weighted by atomic mass is 35.5. The minimum Gasteiger partial charge on any atom is -0.334 e. The maximum absolute atomic E-state index is 11.9. The molecule has 0 heterocycles. The van der Waals surface area contributed by atoms with Gasteiger partial charge in [0.15, 0.2) is 9.84 Å². The first kappa shape index (κ1) is 17.6. The molecule has 2 aromatic carbocycles. The third kappa shape index (κ3) is 5.13. The van der Waals surface area contributed by atoms with Crippen molar-refractivity contribution in [1.29, 1.82) is 0 Å². The Kier molecular flexibility index (Phi) is 5.51. The van der Waals surface area contributed by atoms with Crippen molar-refractivity contribution >= 4 is 44.8 Å². The molecule has 0 aliphatic carbocycles. The first-order valence-electron chi connectivity index (χ1n) is 6.54. The van der Waals surface area contributed by atoms with Crippen LogP contribution in [0.15, 0.2) is 47.4 Å². The second-order valence-electron chi connectivity index (χ2n) is 4.85. The van der Waals surface area contributed by atoms with Crippen LogP contribution in [0.1, 0.15) is 5.56 Å². The van der Waals surface area contributed by atoms with Gasteiger partial charge in [0.1, 0.15) is 0 Å². The molecular formula is C15H14Cl2N2O3S. The number of carbonyl (C=O) groups is 1. The van der Waals surface area contributed by atoms with Crippen molar-refractivity contribution in [3.8, 4) is 0 Å². The lowest BCUT2D eigenvalue weighted by Gasteiger charge is -2.10. The predicted molar refractivity (Wildman–Crippen MR) is 91.9 cm³/mol. The fraction of sp³-hybridized carbons (Fsp3) is 0.133. The molecule has 0 saturated heterocycles. The van der Waals surface area contributed by atoms with E-state index in [4.69, 9.17) is 23.2 Å². The van der Waals surface area contributed by atoms with E-state index in [0.717, 1.165) is 11.8 Å². The molecule has 122 valence electrons. The van der Waals surface area contributed by atoms with E-state index in [-0.39, 0.29) is 15.6 Å². The second-order valence-corrected chi connectivity index (χ2v) is 7.71. The number of carbonyl (C=O) groups excluding carboxylic acids is 1. The largest absolute Gasteiger partial charge is 0.334 e. The number of anilines is 1. The van der Waals surface area contributed by atoms with Crippen LogP contribution in [0.4, 0.5) is 10.5 Å². The number of rotatable bonds is 4. The third-order valence-corrected chi connectivity index (χ3v) is 4.67. The zero-order chi connectivity index (χ0) is 17.0. The smallest absolute Gasteiger partial charge is 0.319 e. The van der Waals surface area contributed by atoms with Gasteiger partial charge < -0.3 is 10.6 Å². The van der Waals surface area contributed by atoms with Gasteiger partial charge in [0.2, 0.25) is 0 Å². The Hall–Kier alpha value is -1.76. The molecule has 0 aliphatic heterocycles. The van der Waals surface area contributed by atoms with Crippen LogP contribution in [0.25, 0.3) is 0 Å². The SMILES string of the molecule is CS(=O)(=O)c1ccc(Cl)c(NC(=O)NCc2ccc(Cl)cc2)c1. The maximum atomic E-state index is 11.9. The Morgan fingerprint density at radius 2 is 1.74 bits per heavy atom. The summed E-state index contributed by atoms with van der Waals surface area (Å²) in [6.45, 7) is 0.298. The predicted octanol–water partition coefficient (Wildman–Crippen LogP) is 3.72. The zero-order valence-corrected chi connectivity index (χ0v) is 14.5. The van der Waals surface area contributed by atoms with Gasteiger partial charge in [-0.2, -0.15) is 0 Å². The molecule has 2 N–H and O–H groups in total. The van der Waals surface area contributed by atoms with E-state index in [9.17, 15) is 13.2 Å². The van der Waals surface area contributed by atoms with Gasteiger partial charge in [0.05, 0.1) is 15.6 Å². The summed E-state index contributed by atoms with van der Waals surface area (Å²) in [5, 5.41) is 6.05. The van der Waals surface area contributed by atoms with Gasteiger partial charge in [-0.3, -0.25) is 0 Å². The van der Waals surface area contributed by atoms with Crippen LogP contribution < -0.4 is 10.6 Å².